The largest absolute Gasteiger partial charge is 0.257 e. The van der Waals surface area contributed by atoms with E-state index in [1.807, 2.05) is 41.4 Å². The van der Waals surface area contributed by atoms with Crippen LogP contribution in [0.5, 0.6) is 0 Å². The summed E-state index contributed by atoms with van der Waals surface area (Å²) in [5.41, 5.74) is 4.03. The van der Waals surface area contributed by atoms with E-state index in [0.717, 1.165) is 33.4 Å². The zero-order valence-electron chi connectivity index (χ0n) is 13.4. The lowest BCUT2D eigenvalue weighted by atomic mass is 9.98. The first kappa shape index (κ1) is 16.0. The molecule has 0 N–H and O–H groups in total. The van der Waals surface area contributed by atoms with Gasteiger partial charge in [0.2, 0.25) is 0 Å². The standard InChI is InChI=1S/C21H16BrFN2/c22-17-11-9-16(10-12-17)21-14-20(15-5-2-1-3-6-15)24-25(21)19-8-4-7-18(23)13-19/h1-13,21H,14H2/t21-/m0/s1. The Labute approximate surface area is 154 Å². The first-order valence-corrected chi connectivity index (χ1v) is 8.93. The van der Waals surface area contributed by atoms with Crippen LogP contribution in [0.15, 0.2) is 88.4 Å². The number of benzene rings is 3. The van der Waals surface area contributed by atoms with Gasteiger partial charge in [-0.25, -0.2) is 4.39 Å². The molecule has 2 nitrogen and oxygen atoms in total. The summed E-state index contributed by atoms with van der Waals surface area (Å²) in [4.78, 5) is 0. The van der Waals surface area contributed by atoms with Crippen molar-refractivity contribution in [3.8, 4) is 0 Å². The van der Waals surface area contributed by atoms with E-state index in [4.69, 9.17) is 5.10 Å². The van der Waals surface area contributed by atoms with Gasteiger partial charge in [0.1, 0.15) is 5.82 Å². The quantitative estimate of drug-likeness (QED) is 0.536. The molecule has 3 aromatic rings. The molecule has 0 radical (unpaired) electrons. The number of rotatable bonds is 3. The zero-order valence-corrected chi connectivity index (χ0v) is 15.0. The van der Waals surface area contributed by atoms with E-state index in [-0.39, 0.29) is 11.9 Å². The van der Waals surface area contributed by atoms with Crippen LogP contribution in [-0.4, -0.2) is 5.71 Å². The molecule has 1 atom stereocenters. The summed E-state index contributed by atoms with van der Waals surface area (Å²) in [6, 6.07) is 25.0. The summed E-state index contributed by atoms with van der Waals surface area (Å²) < 4.78 is 14.8. The van der Waals surface area contributed by atoms with Crippen molar-refractivity contribution < 1.29 is 4.39 Å². The Bertz CT molecular complexity index is 907. The van der Waals surface area contributed by atoms with Crippen LogP contribution >= 0.6 is 15.9 Å². The first-order chi connectivity index (χ1) is 12.2. The fourth-order valence-corrected chi connectivity index (χ4v) is 3.38. The molecule has 0 fully saturated rings. The first-order valence-electron chi connectivity index (χ1n) is 8.14. The molecule has 4 rings (SSSR count). The molecule has 0 aliphatic carbocycles. The van der Waals surface area contributed by atoms with E-state index < -0.39 is 0 Å². The van der Waals surface area contributed by atoms with E-state index in [1.54, 1.807) is 6.07 Å². The van der Waals surface area contributed by atoms with Crippen molar-refractivity contribution in [2.75, 3.05) is 5.01 Å². The van der Waals surface area contributed by atoms with Gasteiger partial charge in [-0.2, -0.15) is 5.10 Å². The number of hydrogen-bond donors (Lipinski definition) is 0. The van der Waals surface area contributed by atoms with Crippen molar-refractivity contribution >= 4 is 27.3 Å². The Morgan fingerprint density at radius 3 is 2.40 bits per heavy atom. The SMILES string of the molecule is Fc1cccc(N2N=C(c3ccccc3)C[C@H]2c2ccc(Br)cc2)c1. The lowest BCUT2D eigenvalue weighted by molar-refractivity contribution is 0.624. The molecule has 124 valence electrons. The summed E-state index contributed by atoms with van der Waals surface area (Å²) in [6.45, 7) is 0. The number of hydrazone groups is 1. The highest BCUT2D eigenvalue weighted by atomic mass is 79.9. The van der Waals surface area contributed by atoms with Crippen molar-refractivity contribution in [3.63, 3.8) is 0 Å². The molecule has 0 amide bonds. The molecule has 1 aliphatic heterocycles. The van der Waals surface area contributed by atoms with Gasteiger partial charge in [-0.1, -0.05) is 64.5 Å². The molecule has 0 bridgehead atoms. The topological polar surface area (TPSA) is 15.6 Å². The van der Waals surface area contributed by atoms with Gasteiger partial charge in [-0.05, 0) is 41.5 Å². The van der Waals surface area contributed by atoms with Gasteiger partial charge in [-0.3, -0.25) is 5.01 Å². The molecule has 1 heterocycles. The Hall–Kier alpha value is -2.46. The molecular weight excluding hydrogens is 379 g/mol. The zero-order chi connectivity index (χ0) is 17.2. The second kappa shape index (κ2) is 6.81. The van der Waals surface area contributed by atoms with E-state index in [0.29, 0.717) is 0 Å². The van der Waals surface area contributed by atoms with E-state index in [9.17, 15) is 4.39 Å². The van der Waals surface area contributed by atoms with Crippen LogP contribution in [0.25, 0.3) is 0 Å². The van der Waals surface area contributed by atoms with Gasteiger partial charge >= 0.3 is 0 Å². The minimum Gasteiger partial charge on any atom is -0.257 e. The van der Waals surface area contributed by atoms with Crippen molar-refractivity contribution in [3.05, 3.63) is 100 Å². The molecule has 0 saturated heterocycles. The Morgan fingerprint density at radius 2 is 1.68 bits per heavy atom. The van der Waals surface area contributed by atoms with Crippen molar-refractivity contribution in [2.24, 2.45) is 5.10 Å². The fraction of sp³-hybridized carbons (Fsp3) is 0.0952. The molecule has 25 heavy (non-hydrogen) atoms. The van der Waals surface area contributed by atoms with Crippen molar-refractivity contribution in [2.45, 2.75) is 12.5 Å². The predicted molar refractivity (Wildman–Crippen MR) is 103 cm³/mol. The van der Waals surface area contributed by atoms with Crippen LogP contribution in [-0.2, 0) is 0 Å². The lowest BCUT2D eigenvalue weighted by Gasteiger charge is -2.24. The third-order valence-electron chi connectivity index (χ3n) is 4.34. The summed E-state index contributed by atoms with van der Waals surface area (Å²) >= 11 is 3.48. The second-order valence-corrected chi connectivity index (χ2v) is 6.92. The van der Waals surface area contributed by atoms with Gasteiger partial charge in [0.15, 0.2) is 0 Å². The van der Waals surface area contributed by atoms with Crippen LogP contribution in [0.2, 0.25) is 0 Å². The lowest BCUT2D eigenvalue weighted by Crippen LogP contribution is -2.18. The third-order valence-corrected chi connectivity index (χ3v) is 4.87. The fourth-order valence-electron chi connectivity index (χ4n) is 3.12. The summed E-state index contributed by atoms with van der Waals surface area (Å²) in [5.74, 6) is -0.254. The molecular formula is C21H16BrFN2. The highest BCUT2D eigenvalue weighted by Gasteiger charge is 2.30. The molecule has 4 heteroatoms. The Morgan fingerprint density at radius 1 is 0.920 bits per heavy atom. The highest BCUT2D eigenvalue weighted by molar-refractivity contribution is 9.10. The van der Waals surface area contributed by atoms with Crippen molar-refractivity contribution in [1.82, 2.24) is 0 Å². The van der Waals surface area contributed by atoms with Crippen LogP contribution in [0.1, 0.15) is 23.6 Å². The minimum absolute atomic E-state index is 0.0464. The highest BCUT2D eigenvalue weighted by Crippen LogP contribution is 2.37. The van der Waals surface area contributed by atoms with Crippen LogP contribution < -0.4 is 5.01 Å². The maximum Gasteiger partial charge on any atom is 0.125 e. The second-order valence-electron chi connectivity index (χ2n) is 6.01. The van der Waals surface area contributed by atoms with Crippen molar-refractivity contribution in [1.29, 1.82) is 0 Å². The van der Waals surface area contributed by atoms with Crippen LogP contribution in [0, 0.1) is 5.82 Å². The molecule has 0 saturated carbocycles. The van der Waals surface area contributed by atoms with Gasteiger partial charge in [0.05, 0.1) is 17.4 Å². The maximum absolute atomic E-state index is 13.7. The summed E-state index contributed by atoms with van der Waals surface area (Å²) in [7, 11) is 0. The number of halogens is 2. The average molecular weight is 395 g/mol. The molecule has 0 unspecified atom stereocenters. The molecule has 1 aliphatic rings. The van der Waals surface area contributed by atoms with E-state index in [2.05, 4.69) is 40.2 Å². The molecule has 0 spiro atoms. The van der Waals surface area contributed by atoms with Crippen LogP contribution in [0.3, 0.4) is 0 Å². The van der Waals surface area contributed by atoms with Crippen LogP contribution in [0.4, 0.5) is 10.1 Å². The number of hydrogen-bond acceptors (Lipinski definition) is 2. The Balaban J connectivity index is 1.76. The van der Waals surface area contributed by atoms with E-state index >= 15 is 0 Å². The summed E-state index contributed by atoms with van der Waals surface area (Å²) in [5, 5.41) is 6.75. The average Bonchev–Trinajstić information content (AvgIpc) is 3.08. The normalized spacial score (nSPS) is 16.8. The predicted octanol–water partition coefficient (Wildman–Crippen LogP) is 5.94. The van der Waals surface area contributed by atoms with E-state index in [1.165, 1.54) is 12.1 Å². The minimum atomic E-state index is -0.254. The van der Waals surface area contributed by atoms with Gasteiger partial charge in [0.25, 0.3) is 0 Å². The molecule has 3 aromatic carbocycles. The third kappa shape index (κ3) is 3.35. The van der Waals surface area contributed by atoms with Gasteiger partial charge in [-0.15, -0.1) is 0 Å². The summed E-state index contributed by atoms with van der Waals surface area (Å²) in [6.07, 6.45) is 0.780. The van der Waals surface area contributed by atoms with Gasteiger partial charge in [0, 0.05) is 10.9 Å². The number of anilines is 1. The number of nitrogens with zero attached hydrogens (tertiary/aromatic N) is 2. The molecule has 0 aromatic heterocycles. The Kier molecular flexibility index (Phi) is 4.36. The van der Waals surface area contributed by atoms with Gasteiger partial charge < -0.3 is 0 Å². The maximum atomic E-state index is 13.7. The smallest absolute Gasteiger partial charge is 0.125 e. The monoisotopic (exact) mass is 394 g/mol.